The van der Waals surface area contributed by atoms with Gasteiger partial charge in [-0.2, -0.15) is 0 Å². The molecule has 1 saturated heterocycles. The van der Waals surface area contributed by atoms with Gasteiger partial charge in [0, 0.05) is 37.4 Å². The first-order chi connectivity index (χ1) is 13.0. The summed E-state index contributed by atoms with van der Waals surface area (Å²) in [5.74, 6) is -1.10. The van der Waals surface area contributed by atoms with Gasteiger partial charge in [-0.3, -0.25) is 14.4 Å². The van der Waals surface area contributed by atoms with Gasteiger partial charge in [0.05, 0.1) is 11.8 Å². The number of nitrogens with zero attached hydrogens (tertiary/aromatic N) is 2. The van der Waals surface area contributed by atoms with Crippen LogP contribution in [0.4, 0.5) is 5.69 Å². The predicted octanol–water partition coefficient (Wildman–Crippen LogP) is 2.28. The van der Waals surface area contributed by atoms with Crippen LogP contribution in [-0.2, 0) is 9.59 Å². The number of carboxylic acid groups (broad SMARTS) is 1. The number of carbonyl (C=O) groups is 3. The summed E-state index contributed by atoms with van der Waals surface area (Å²) in [6, 6.07) is 7.57. The van der Waals surface area contributed by atoms with Crippen molar-refractivity contribution >= 4 is 23.3 Å². The van der Waals surface area contributed by atoms with Gasteiger partial charge in [-0.25, -0.2) is 0 Å². The third kappa shape index (κ3) is 3.22. The van der Waals surface area contributed by atoms with E-state index in [4.69, 9.17) is 0 Å². The summed E-state index contributed by atoms with van der Waals surface area (Å²) in [5.41, 5.74) is 1.75. The molecular weight excluding hydrogens is 344 g/mol. The fourth-order valence-corrected chi connectivity index (χ4v) is 5.30. The lowest BCUT2D eigenvalue weighted by Gasteiger charge is -2.39. The van der Waals surface area contributed by atoms with Crippen molar-refractivity contribution in [3.05, 3.63) is 29.8 Å². The second kappa shape index (κ2) is 6.98. The van der Waals surface area contributed by atoms with E-state index in [0.717, 1.165) is 38.0 Å². The lowest BCUT2D eigenvalue weighted by Crippen LogP contribution is -2.52. The number of rotatable bonds is 4. The Morgan fingerprint density at radius 1 is 0.926 bits per heavy atom. The summed E-state index contributed by atoms with van der Waals surface area (Å²) in [4.78, 5) is 40.3. The minimum absolute atomic E-state index is 0.0428. The molecule has 1 aromatic rings. The number of amides is 1. The largest absolute Gasteiger partial charge is 0.481 e. The Kier molecular flexibility index (Phi) is 4.66. The molecule has 144 valence electrons. The molecule has 6 heteroatoms. The van der Waals surface area contributed by atoms with E-state index < -0.39 is 11.9 Å². The zero-order valence-corrected chi connectivity index (χ0v) is 15.6. The molecule has 2 bridgehead atoms. The first-order valence-corrected chi connectivity index (χ1v) is 9.83. The van der Waals surface area contributed by atoms with Crippen molar-refractivity contribution in [3.63, 3.8) is 0 Å². The number of carbonyl (C=O) groups excluding carboxylic acids is 2. The predicted molar refractivity (Wildman–Crippen MR) is 101 cm³/mol. The molecule has 27 heavy (non-hydrogen) atoms. The molecule has 1 aliphatic heterocycles. The van der Waals surface area contributed by atoms with Crippen molar-refractivity contribution in [3.8, 4) is 0 Å². The molecule has 4 atom stereocenters. The van der Waals surface area contributed by atoms with Gasteiger partial charge in [-0.1, -0.05) is 0 Å². The van der Waals surface area contributed by atoms with Crippen molar-refractivity contribution in [1.82, 2.24) is 4.90 Å². The molecule has 1 N–H and O–H groups in total. The number of carboxylic acids is 1. The second-order valence-electron chi connectivity index (χ2n) is 8.14. The maximum absolute atomic E-state index is 13.1. The number of benzene rings is 1. The van der Waals surface area contributed by atoms with E-state index in [1.807, 2.05) is 29.2 Å². The number of hydrogen-bond donors (Lipinski definition) is 1. The van der Waals surface area contributed by atoms with E-state index in [-0.39, 0.29) is 29.4 Å². The Hall–Kier alpha value is -2.37. The lowest BCUT2D eigenvalue weighted by atomic mass is 9.78. The zero-order chi connectivity index (χ0) is 19.1. The molecule has 1 amide bonds. The summed E-state index contributed by atoms with van der Waals surface area (Å²) in [7, 11) is 0. The molecule has 0 spiro atoms. The topological polar surface area (TPSA) is 77.9 Å². The van der Waals surface area contributed by atoms with Gasteiger partial charge in [0.1, 0.15) is 0 Å². The Labute approximate surface area is 159 Å². The van der Waals surface area contributed by atoms with Gasteiger partial charge < -0.3 is 14.9 Å². The van der Waals surface area contributed by atoms with Crippen LogP contribution in [0.5, 0.6) is 0 Å². The molecule has 2 saturated carbocycles. The maximum Gasteiger partial charge on any atom is 0.307 e. The van der Waals surface area contributed by atoms with Crippen LogP contribution < -0.4 is 4.90 Å². The smallest absolute Gasteiger partial charge is 0.307 e. The Morgan fingerprint density at radius 3 is 2.07 bits per heavy atom. The van der Waals surface area contributed by atoms with Crippen LogP contribution in [0.3, 0.4) is 0 Å². The SMILES string of the molecule is CC(=O)c1ccc(N2CCN(C(=O)[C@@H]3[C@@H]4CC[C@@H](C4)[C@@H]3C(=O)O)CC2)cc1. The summed E-state index contributed by atoms with van der Waals surface area (Å²) in [5, 5.41) is 9.60. The number of anilines is 1. The van der Waals surface area contributed by atoms with Crippen molar-refractivity contribution in [2.75, 3.05) is 31.1 Å². The first kappa shape index (κ1) is 18.0. The molecule has 3 aliphatic rings. The van der Waals surface area contributed by atoms with Crippen molar-refractivity contribution in [2.24, 2.45) is 23.7 Å². The molecule has 0 unspecified atom stereocenters. The Balaban J connectivity index is 1.39. The number of Topliss-reactive ketones (excluding diaryl/α,β-unsaturated/α-hetero) is 1. The van der Waals surface area contributed by atoms with Crippen LogP contribution in [-0.4, -0.2) is 53.8 Å². The quantitative estimate of drug-likeness (QED) is 0.823. The van der Waals surface area contributed by atoms with Crippen molar-refractivity contribution < 1.29 is 19.5 Å². The number of aliphatic carboxylic acids is 1. The van der Waals surface area contributed by atoms with Crippen LogP contribution in [0.15, 0.2) is 24.3 Å². The van der Waals surface area contributed by atoms with E-state index in [1.165, 1.54) is 0 Å². The fourth-order valence-electron chi connectivity index (χ4n) is 5.30. The monoisotopic (exact) mass is 370 g/mol. The Morgan fingerprint density at radius 2 is 1.52 bits per heavy atom. The van der Waals surface area contributed by atoms with Gasteiger partial charge in [0.2, 0.25) is 5.91 Å². The molecular formula is C21H26N2O4. The lowest BCUT2D eigenvalue weighted by molar-refractivity contribution is -0.153. The van der Waals surface area contributed by atoms with E-state index >= 15 is 0 Å². The highest BCUT2D eigenvalue weighted by atomic mass is 16.4. The van der Waals surface area contributed by atoms with Gasteiger partial charge in [0.25, 0.3) is 0 Å². The highest BCUT2D eigenvalue weighted by Crippen LogP contribution is 2.53. The normalized spacial score (nSPS) is 29.8. The summed E-state index contributed by atoms with van der Waals surface area (Å²) < 4.78 is 0. The number of fused-ring (bicyclic) bond motifs is 2. The van der Waals surface area contributed by atoms with Gasteiger partial charge in [-0.05, 0) is 62.3 Å². The van der Waals surface area contributed by atoms with Gasteiger partial charge in [-0.15, -0.1) is 0 Å². The second-order valence-corrected chi connectivity index (χ2v) is 8.14. The van der Waals surface area contributed by atoms with Crippen LogP contribution in [0.1, 0.15) is 36.5 Å². The number of hydrogen-bond acceptors (Lipinski definition) is 4. The molecule has 6 nitrogen and oxygen atoms in total. The fraction of sp³-hybridized carbons (Fsp3) is 0.571. The third-order valence-electron chi connectivity index (χ3n) is 6.72. The van der Waals surface area contributed by atoms with E-state index in [2.05, 4.69) is 4.90 Å². The average Bonchev–Trinajstić information content (AvgIpc) is 3.29. The molecule has 4 rings (SSSR count). The minimum Gasteiger partial charge on any atom is -0.481 e. The number of ketones is 1. The minimum atomic E-state index is -0.801. The molecule has 0 radical (unpaired) electrons. The van der Waals surface area contributed by atoms with Crippen LogP contribution in [0.2, 0.25) is 0 Å². The summed E-state index contributed by atoms with van der Waals surface area (Å²) in [6.45, 7) is 4.24. The molecule has 3 fully saturated rings. The van der Waals surface area contributed by atoms with E-state index in [1.54, 1.807) is 6.92 Å². The highest BCUT2D eigenvalue weighted by Gasteiger charge is 2.54. The van der Waals surface area contributed by atoms with Gasteiger partial charge >= 0.3 is 5.97 Å². The molecule has 1 heterocycles. The average molecular weight is 370 g/mol. The molecule has 2 aliphatic carbocycles. The van der Waals surface area contributed by atoms with E-state index in [9.17, 15) is 19.5 Å². The number of piperazine rings is 1. The van der Waals surface area contributed by atoms with Crippen molar-refractivity contribution in [1.29, 1.82) is 0 Å². The van der Waals surface area contributed by atoms with Crippen LogP contribution in [0.25, 0.3) is 0 Å². The summed E-state index contributed by atoms with van der Waals surface area (Å²) in [6.07, 6.45) is 2.85. The Bertz CT molecular complexity index is 752. The van der Waals surface area contributed by atoms with Crippen molar-refractivity contribution in [2.45, 2.75) is 26.2 Å². The first-order valence-electron chi connectivity index (χ1n) is 9.83. The summed E-state index contributed by atoms with van der Waals surface area (Å²) >= 11 is 0. The molecule has 1 aromatic carbocycles. The van der Waals surface area contributed by atoms with E-state index in [0.29, 0.717) is 18.7 Å². The van der Waals surface area contributed by atoms with Crippen LogP contribution >= 0.6 is 0 Å². The maximum atomic E-state index is 13.1. The standard InChI is InChI=1S/C21H26N2O4/c1-13(24)14-4-6-17(7-5-14)22-8-10-23(11-9-22)20(25)18-15-2-3-16(12-15)19(18)21(26)27/h4-7,15-16,18-19H,2-3,8-12H2,1H3,(H,26,27)/t15-,16+,18-,19+/m1/s1. The van der Waals surface area contributed by atoms with Gasteiger partial charge in [0.15, 0.2) is 5.78 Å². The van der Waals surface area contributed by atoms with Crippen LogP contribution in [0, 0.1) is 23.7 Å². The third-order valence-corrected chi connectivity index (χ3v) is 6.72. The molecule has 0 aromatic heterocycles. The highest BCUT2D eigenvalue weighted by molar-refractivity contribution is 5.94. The zero-order valence-electron chi connectivity index (χ0n) is 15.6.